The third-order valence-corrected chi connectivity index (χ3v) is 14.9. The number of rotatable bonds is 11. The van der Waals surface area contributed by atoms with Crippen molar-refractivity contribution in [1.29, 1.82) is 5.41 Å². The highest BCUT2D eigenvalue weighted by atomic mass is 15.3. The minimum atomic E-state index is -0.0909. The van der Waals surface area contributed by atoms with E-state index in [0.29, 0.717) is 28.8 Å². The Bertz CT molecular complexity index is 4250. The summed E-state index contributed by atoms with van der Waals surface area (Å²) < 4.78 is 2.36. The predicted molar refractivity (Wildman–Crippen MR) is 315 cm³/mol. The van der Waals surface area contributed by atoms with Crippen LogP contribution in [-0.4, -0.2) is 36.8 Å². The Morgan fingerprint density at radius 2 is 1.04 bits per heavy atom. The van der Waals surface area contributed by atoms with Crippen LogP contribution in [0.4, 0.5) is 23.0 Å². The normalized spacial score (nSPS) is 14.5. The largest absolute Gasteiger partial charge is 0.352 e. The number of nitrogens with zero attached hydrogens (tertiary/aromatic N) is 6. The van der Waals surface area contributed by atoms with Crippen LogP contribution in [0.3, 0.4) is 0 Å². The summed E-state index contributed by atoms with van der Waals surface area (Å²) in [4.78, 5) is 23.1. The first-order valence-electron chi connectivity index (χ1n) is 25.9. The first kappa shape index (κ1) is 45.3. The zero-order chi connectivity index (χ0) is 51.2. The molecule has 8 heteroatoms. The van der Waals surface area contributed by atoms with Crippen molar-refractivity contribution >= 4 is 56.6 Å². The molecule has 2 N–H and O–H groups in total. The number of benzene rings is 9. The lowest BCUT2D eigenvalue weighted by molar-refractivity contribution is 0.732. The number of allylic oxidation sites excluding steroid dienone is 2. The fourth-order valence-electron chi connectivity index (χ4n) is 11.2. The van der Waals surface area contributed by atoms with E-state index in [1.54, 1.807) is 0 Å². The summed E-state index contributed by atoms with van der Waals surface area (Å²) in [5, 5.41) is 15.0. The van der Waals surface area contributed by atoms with Crippen LogP contribution in [0.1, 0.15) is 22.7 Å². The van der Waals surface area contributed by atoms with Gasteiger partial charge >= 0.3 is 0 Å². The summed E-state index contributed by atoms with van der Waals surface area (Å²) in [6.07, 6.45) is 8.28. The Labute approximate surface area is 446 Å². The fourth-order valence-corrected chi connectivity index (χ4v) is 11.2. The average molecular weight is 989 g/mol. The maximum absolute atomic E-state index is 8.85. The molecule has 12 aromatic rings. The Morgan fingerprint density at radius 1 is 0.468 bits per heavy atom. The van der Waals surface area contributed by atoms with Crippen LogP contribution in [0.15, 0.2) is 261 Å². The van der Waals surface area contributed by atoms with Gasteiger partial charge in [0.05, 0.1) is 34.2 Å². The molecule has 0 amide bonds. The molecule has 2 aliphatic rings. The number of aromatic nitrogens is 5. The van der Waals surface area contributed by atoms with E-state index in [0.717, 1.165) is 56.3 Å². The summed E-state index contributed by atoms with van der Waals surface area (Å²) in [6.45, 7) is 0. The molecule has 1 aliphatic heterocycles. The van der Waals surface area contributed by atoms with Gasteiger partial charge in [0.25, 0.3) is 0 Å². The van der Waals surface area contributed by atoms with Crippen molar-refractivity contribution in [2.45, 2.75) is 12.0 Å². The molecule has 0 saturated carbocycles. The second-order valence-corrected chi connectivity index (χ2v) is 19.5. The molecular weight excluding hydrogens is 941 g/mol. The third-order valence-electron chi connectivity index (χ3n) is 14.9. The number of para-hydroxylation sites is 3. The Kier molecular flexibility index (Phi) is 11.3. The third kappa shape index (κ3) is 8.25. The van der Waals surface area contributed by atoms with E-state index < -0.39 is 0 Å². The van der Waals surface area contributed by atoms with Crippen LogP contribution in [0.2, 0.25) is 0 Å². The second kappa shape index (κ2) is 19.2. The Morgan fingerprint density at radius 3 is 1.75 bits per heavy atom. The molecule has 2 atom stereocenters. The highest BCUT2D eigenvalue weighted by Gasteiger charge is 2.40. The van der Waals surface area contributed by atoms with E-state index >= 15 is 0 Å². The van der Waals surface area contributed by atoms with Crippen LogP contribution in [0.25, 0.3) is 89.4 Å². The number of fused-ring (bicyclic) bond motifs is 6. The standard InChI is InChI=1S/C69H48N8/c70-44-61-67(71-53-37-33-48(34-38-53)60-43-59(72-68(73-60)50-21-9-3-10-22-50)47-31-29-46(30-32-47)45-17-5-1-6-18-45)66(49-19-7-2-8-20-49)75-69(74-61)77-63-28-16-14-26-56(63)58-42-52(36-40-65(58)77)51-35-39-64-57(41-51)55-25-13-15-27-62(55)76(64)54-23-11-4-12-24-54/h1-44,58,65,70-71H. The van der Waals surface area contributed by atoms with Gasteiger partial charge in [-0.3, -0.25) is 0 Å². The molecule has 0 bridgehead atoms. The van der Waals surface area contributed by atoms with Crippen molar-refractivity contribution in [1.82, 2.24) is 24.5 Å². The molecule has 364 valence electrons. The van der Waals surface area contributed by atoms with E-state index in [4.69, 9.17) is 25.3 Å². The molecule has 0 spiro atoms. The van der Waals surface area contributed by atoms with Crippen LogP contribution in [0.5, 0.6) is 0 Å². The van der Waals surface area contributed by atoms with Gasteiger partial charge in [0.15, 0.2) is 5.82 Å². The molecule has 2 unspecified atom stereocenters. The first-order valence-corrected chi connectivity index (χ1v) is 25.9. The molecule has 0 radical (unpaired) electrons. The van der Waals surface area contributed by atoms with E-state index in [2.05, 4.69) is 209 Å². The molecule has 4 heterocycles. The van der Waals surface area contributed by atoms with Crippen molar-refractivity contribution in [2.24, 2.45) is 0 Å². The highest BCUT2D eigenvalue weighted by molar-refractivity contribution is 6.10. The van der Waals surface area contributed by atoms with E-state index in [9.17, 15) is 0 Å². The van der Waals surface area contributed by atoms with Crippen LogP contribution < -0.4 is 10.2 Å². The zero-order valence-corrected chi connectivity index (χ0v) is 41.7. The second-order valence-electron chi connectivity index (χ2n) is 19.5. The lowest BCUT2D eigenvalue weighted by Crippen LogP contribution is -2.31. The van der Waals surface area contributed by atoms with Gasteiger partial charge in [-0.05, 0) is 82.4 Å². The minimum Gasteiger partial charge on any atom is -0.352 e. The van der Waals surface area contributed by atoms with E-state index in [1.807, 2.05) is 66.7 Å². The summed E-state index contributed by atoms with van der Waals surface area (Å²) in [5.74, 6) is 1.22. The number of hydrogen-bond acceptors (Lipinski definition) is 7. The lowest BCUT2D eigenvalue weighted by atomic mass is 9.86. The van der Waals surface area contributed by atoms with Crippen LogP contribution in [0, 0.1) is 5.41 Å². The maximum Gasteiger partial charge on any atom is 0.231 e. The van der Waals surface area contributed by atoms with Crippen molar-refractivity contribution in [3.05, 3.63) is 278 Å². The van der Waals surface area contributed by atoms with Gasteiger partial charge in [0.1, 0.15) is 11.4 Å². The highest BCUT2D eigenvalue weighted by Crippen LogP contribution is 2.49. The SMILES string of the molecule is N=Cc1nc(N2c3ccccc3C3C=C(c4ccc5c(c4)c4ccccc4n5-c4ccccc4)C=CC32)nc(-c2ccccc2)c1Nc1ccc(-c2cc(-c3ccc(-c4ccccc4)cc3)nc(-c3ccccc3)n2)cc1. The summed E-state index contributed by atoms with van der Waals surface area (Å²) in [6, 6.07) is 84.1. The molecule has 77 heavy (non-hydrogen) atoms. The minimum absolute atomic E-state index is 0.0333. The van der Waals surface area contributed by atoms with Gasteiger partial charge in [0.2, 0.25) is 5.95 Å². The lowest BCUT2D eigenvalue weighted by Gasteiger charge is -2.29. The Hall–Kier alpha value is -10.3. The summed E-state index contributed by atoms with van der Waals surface area (Å²) in [5.41, 5.74) is 18.5. The van der Waals surface area contributed by atoms with Gasteiger partial charge < -0.3 is 20.2 Å². The average Bonchev–Trinajstić information content (AvgIpc) is 4.05. The molecule has 1 aliphatic carbocycles. The summed E-state index contributed by atoms with van der Waals surface area (Å²) >= 11 is 0. The molecular formula is C69H48N8. The van der Waals surface area contributed by atoms with Gasteiger partial charge in [-0.15, -0.1) is 0 Å². The number of hydrogen-bond donors (Lipinski definition) is 2. The molecule has 8 nitrogen and oxygen atoms in total. The number of nitrogens with one attached hydrogen (secondary N) is 2. The molecule has 0 fully saturated rings. The predicted octanol–water partition coefficient (Wildman–Crippen LogP) is 16.7. The van der Waals surface area contributed by atoms with Gasteiger partial charge in [-0.25, -0.2) is 19.9 Å². The topological polar surface area (TPSA) is 95.6 Å². The Balaban J connectivity index is 0.796. The molecule has 3 aromatic heterocycles. The quantitative estimate of drug-likeness (QED) is 0.125. The van der Waals surface area contributed by atoms with Crippen molar-refractivity contribution in [3.63, 3.8) is 0 Å². The van der Waals surface area contributed by atoms with Crippen molar-refractivity contribution in [2.75, 3.05) is 10.2 Å². The smallest absolute Gasteiger partial charge is 0.231 e. The molecule has 9 aromatic carbocycles. The fraction of sp³-hybridized carbons (Fsp3) is 0.0290. The van der Waals surface area contributed by atoms with E-state index in [1.165, 1.54) is 50.3 Å². The summed E-state index contributed by atoms with van der Waals surface area (Å²) in [7, 11) is 0. The molecule has 14 rings (SSSR count). The monoisotopic (exact) mass is 988 g/mol. The van der Waals surface area contributed by atoms with Crippen LogP contribution >= 0.6 is 0 Å². The van der Waals surface area contributed by atoms with Crippen molar-refractivity contribution in [3.8, 4) is 62.0 Å². The van der Waals surface area contributed by atoms with Crippen molar-refractivity contribution < 1.29 is 0 Å². The number of anilines is 4. The maximum atomic E-state index is 8.85. The zero-order valence-electron chi connectivity index (χ0n) is 41.7. The molecule has 0 saturated heterocycles. The van der Waals surface area contributed by atoms with Gasteiger partial charge in [-0.1, -0.05) is 206 Å². The first-order chi connectivity index (χ1) is 38.1. The van der Waals surface area contributed by atoms with E-state index in [-0.39, 0.29) is 12.0 Å². The van der Waals surface area contributed by atoms with Gasteiger partial charge in [-0.2, -0.15) is 0 Å². The van der Waals surface area contributed by atoms with Crippen LogP contribution in [-0.2, 0) is 0 Å². The van der Waals surface area contributed by atoms with Gasteiger partial charge in [0, 0.05) is 62.2 Å².